The minimum atomic E-state index is 0.0707. The van der Waals surface area contributed by atoms with Crippen LogP contribution in [0.3, 0.4) is 0 Å². The van der Waals surface area contributed by atoms with Crippen molar-refractivity contribution in [1.82, 2.24) is 4.90 Å². The van der Waals surface area contributed by atoms with E-state index in [0.717, 1.165) is 19.5 Å². The molecular weight excluding hydrogens is 266 g/mol. The smallest absolute Gasteiger partial charge is 0.176 e. The fraction of sp³-hybridized carbons (Fsp3) is 0.500. The second kappa shape index (κ2) is 6.37. The lowest BCUT2D eigenvalue weighted by Crippen LogP contribution is -2.29. The molecule has 104 valence electrons. The van der Waals surface area contributed by atoms with Crippen molar-refractivity contribution in [2.24, 2.45) is 0 Å². The van der Waals surface area contributed by atoms with Gasteiger partial charge in [-0.3, -0.25) is 9.69 Å². The molecule has 0 spiro atoms. The van der Waals surface area contributed by atoms with E-state index in [9.17, 15) is 4.79 Å². The van der Waals surface area contributed by atoms with Crippen molar-refractivity contribution in [3.8, 4) is 5.75 Å². The lowest BCUT2D eigenvalue weighted by Gasteiger charge is -2.14. The predicted octanol–water partition coefficient (Wildman–Crippen LogP) is 2.25. The third-order valence-electron chi connectivity index (χ3n) is 3.40. The van der Waals surface area contributed by atoms with Crippen molar-refractivity contribution in [2.75, 3.05) is 33.9 Å². The van der Waals surface area contributed by atoms with Crippen LogP contribution in [0.1, 0.15) is 16.8 Å². The summed E-state index contributed by atoms with van der Waals surface area (Å²) in [4.78, 5) is 14.3. The Morgan fingerprint density at radius 3 is 2.84 bits per heavy atom. The molecule has 0 N–H and O–H groups in total. The van der Waals surface area contributed by atoms with Crippen LogP contribution in [0.5, 0.6) is 5.75 Å². The summed E-state index contributed by atoms with van der Waals surface area (Å²) in [6.07, 6.45) is 1.22. The fourth-order valence-corrected chi connectivity index (χ4v) is 2.53. The summed E-state index contributed by atoms with van der Waals surface area (Å²) in [5.41, 5.74) is 0.617. The largest absolute Gasteiger partial charge is 0.495 e. The predicted molar refractivity (Wildman–Crippen MR) is 74.2 cm³/mol. The van der Waals surface area contributed by atoms with Gasteiger partial charge in [-0.1, -0.05) is 11.6 Å². The van der Waals surface area contributed by atoms with Gasteiger partial charge in [0.05, 0.1) is 24.8 Å². The Hall–Kier alpha value is -1.10. The summed E-state index contributed by atoms with van der Waals surface area (Å²) < 4.78 is 10.4. The zero-order chi connectivity index (χ0) is 13.8. The van der Waals surface area contributed by atoms with E-state index in [0.29, 0.717) is 22.9 Å². The van der Waals surface area contributed by atoms with Crippen LogP contribution in [0.2, 0.25) is 5.02 Å². The lowest BCUT2D eigenvalue weighted by atomic mass is 10.1. The standard InChI is InChI=1S/C14H18ClNO3/c1-18-11-5-6-16(8-11)9-13(17)10-3-4-14(19-2)12(15)7-10/h3-4,7,11H,5-6,8-9H2,1-2H3. The molecule has 1 fully saturated rings. The van der Waals surface area contributed by atoms with Crippen molar-refractivity contribution in [2.45, 2.75) is 12.5 Å². The SMILES string of the molecule is COc1ccc(C(=O)CN2CCC(OC)C2)cc1Cl. The molecule has 0 aliphatic carbocycles. The van der Waals surface area contributed by atoms with Gasteiger partial charge in [0.2, 0.25) is 0 Å². The minimum Gasteiger partial charge on any atom is -0.495 e. The number of hydrogen-bond donors (Lipinski definition) is 0. The molecule has 19 heavy (non-hydrogen) atoms. The number of Topliss-reactive ketones (excluding diaryl/α,β-unsaturated/α-hetero) is 1. The van der Waals surface area contributed by atoms with Crippen LogP contribution in [-0.4, -0.2) is 50.6 Å². The summed E-state index contributed by atoms with van der Waals surface area (Å²) in [6, 6.07) is 5.13. The summed E-state index contributed by atoms with van der Waals surface area (Å²) in [6.45, 7) is 2.11. The zero-order valence-corrected chi connectivity index (χ0v) is 11.9. The monoisotopic (exact) mass is 283 g/mol. The van der Waals surface area contributed by atoms with Crippen LogP contribution in [-0.2, 0) is 4.74 Å². The van der Waals surface area contributed by atoms with E-state index in [-0.39, 0.29) is 11.9 Å². The molecule has 0 amide bonds. The number of carbonyl (C=O) groups excluding carboxylic acids is 1. The summed E-state index contributed by atoms with van der Waals surface area (Å²) in [5, 5.41) is 0.463. The number of nitrogens with zero attached hydrogens (tertiary/aromatic N) is 1. The molecule has 2 rings (SSSR count). The van der Waals surface area contributed by atoms with Gasteiger partial charge in [-0.25, -0.2) is 0 Å². The number of likely N-dealkylation sites (tertiary alicyclic amines) is 1. The number of methoxy groups -OCH3 is 2. The first kappa shape index (κ1) is 14.3. The highest BCUT2D eigenvalue weighted by atomic mass is 35.5. The zero-order valence-electron chi connectivity index (χ0n) is 11.2. The van der Waals surface area contributed by atoms with Gasteiger partial charge >= 0.3 is 0 Å². The number of rotatable bonds is 5. The molecule has 1 unspecified atom stereocenters. The molecule has 1 saturated heterocycles. The quantitative estimate of drug-likeness (QED) is 0.777. The van der Waals surface area contributed by atoms with Crippen LogP contribution in [0.25, 0.3) is 0 Å². The summed E-state index contributed by atoms with van der Waals surface area (Å²) >= 11 is 6.03. The molecule has 1 aliphatic rings. The minimum absolute atomic E-state index is 0.0707. The van der Waals surface area contributed by atoms with Gasteiger partial charge in [-0.2, -0.15) is 0 Å². The molecule has 0 saturated carbocycles. The highest BCUT2D eigenvalue weighted by Gasteiger charge is 2.24. The van der Waals surface area contributed by atoms with Crippen LogP contribution < -0.4 is 4.74 Å². The molecular formula is C14H18ClNO3. The van der Waals surface area contributed by atoms with Crippen molar-refractivity contribution in [1.29, 1.82) is 0 Å². The molecule has 5 heteroatoms. The average Bonchev–Trinajstić information content (AvgIpc) is 2.86. The van der Waals surface area contributed by atoms with Gasteiger partial charge in [-0.15, -0.1) is 0 Å². The van der Waals surface area contributed by atoms with Crippen molar-refractivity contribution < 1.29 is 14.3 Å². The molecule has 0 aromatic heterocycles. The second-order valence-electron chi connectivity index (χ2n) is 4.65. The Balaban J connectivity index is 1.98. The Labute approximate surface area is 118 Å². The van der Waals surface area contributed by atoms with Gasteiger partial charge in [-0.05, 0) is 24.6 Å². The maximum absolute atomic E-state index is 12.2. The molecule has 1 aliphatic heterocycles. The van der Waals surface area contributed by atoms with Gasteiger partial charge in [0.25, 0.3) is 0 Å². The summed E-state index contributed by atoms with van der Waals surface area (Å²) in [7, 11) is 3.26. The second-order valence-corrected chi connectivity index (χ2v) is 5.06. The highest BCUT2D eigenvalue weighted by Crippen LogP contribution is 2.25. The first-order chi connectivity index (χ1) is 9.13. The number of ether oxygens (including phenoxy) is 2. The molecule has 0 bridgehead atoms. The van der Waals surface area contributed by atoms with E-state index >= 15 is 0 Å². The fourth-order valence-electron chi connectivity index (χ4n) is 2.27. The number of carbonyl (C=O) groups is 1. The Kier molecular flexibility index (Phi) is 4.80. The number of benzene rings is 1. The lowest BCUT2D eigenvalue weighted by molar-refractivity contribution is 0.0899. The number of hydrogen-bond acceptors (Lipinski definition) is 4. The van der Waals surface area contributed by atoms with Crippen LogP contribution in [0.15, 0.2) is 18.2 Å². The van der Waals surface area contributed by atoms with Gasteiger partial charge < -0.3 is 9.47 Å². The molecule has 1 aromatic rings. The Morgan fingerprint density at radius 1 is 1.47 bits per heavy atom. The molecule has 1 aromatic carbocycles. The van der Waals surface area contributed by atoms with Crippen molar-refractivity contribution >= 4 is 17.4 Å². The van der Waals surface area contributed by atoms with Gasteiger partial charge in [0.1, 0.15) is 5.75 Å². The first-order valence-corrected chi connectivity index (χ1v) is 6.63. The van der Waals surface area contributed by atoms with E-state index in [1.165, 1.54) is 0 Å². The van der Waals surface area contributed by atoms with E-state index in [1.807, 2.05) is 0 Å². The maximum Gasteiger partial charge on any atom is 0.176 e. The van der Waals surface area contributed by atoms with E-state index in [1.54, 1.807) is 32.4 Å². The maximum atomic E-state index is 12.2. The normalized spacial score (nSPS) is 19.6. The molecule has 0 radical (unpaired) electrons. The third-order valence-corrected chi connectivity index (χ3v) is 3.70. The molecule has 1 heterocycles. The van der Waals surface area contributed by atoms with Crippen molar-refractivity contribution in [3.05, 3.63) is 28.8 Å². The van der Waals surface area contributed by atoms with Crippen LogP contribution in [0, 0.1) is 0 Å². The average molecular weight is 284 g/mol. The van der Waals surface area contributed by atoms with Crippen molar-refractivity contribution in [3.63, 3.8) is 0 Å². The molecule has 4 nitrogen and oxygen atoms in total. The third kappa shape index (κ3) is 3.47. The first-order valence-electron chi connectivity index (χ1n) is 6.26. The number of halogens is 1. The van der Waals surface area contributed by atoms with Gasteiger partial charge in [0, 0.05) is 25.8 Å². The Bertz CT molecular complexity index is 464. The molecule has 1 atom stereocenters. The van der Waals surface area contributed by atoms with E-state index in [4.69, 9.17) is 21.1 Å². The van der Waals surface area contributed by atoms with E-state index in [2.05, 4.69) is 4.90 Å². The topological polar surface area (TPSA) is 38.8 Å². The number of ketones is 1. The van der Waals surface area contributed by atoms with E-state index < -0.39 is 0 Å². The Morgan fingerprint density at radius 2 is 2.26 bits per heavy atom. The van der Waals surface area contributed by atoms with Gasteiger partial charge in [0.15, 0.2) is 5.78 Å². The highest BCUT2D eigenvalue weighted by molar-refractivity contribution is 6.32. The van der Waals surface area contributed by atoms with Crippen LogP contribution >= 0.6 is 11.6 Å². The van der Waals surface area contributed by atoms with Crippen LogP contribution in [0.4, 0.5) is 0 Å². The summed E-state index contributed by atoms with van der Waals surface area (Å²) in [5.74, 6) is 0.653.